The first-order chi connectivity index (χ1) is 15.0. The van der Waals surface area contributed by atoms with E-state index in [-0.39, 0.29) is 12.6 Å². The minimum Gasteiger partial charge on any atom is -0.463 e. The molecule has 0 aromatic heterocycles. The van der Waals surface area contributed by atoms with Crippen LogP contribution in [-0.2, 0) is 14.3 Å². The Morgan fingerprint density at radius 2 is 1.13 bits per heavy atom. The predicted molar refractivity (Wildman–Crippen MR) is 119 cm³/mol. The quantitative estimate of drug-likeness (QED) is 0.188. The van der Waals surface area contributed by atoms with Crippen molar-refractivity contribution >= 4 is 5.97 Å². The van der Waals surface area contributed by atoms with Crippen LogP contribution in [0.15, 0.2) is 0 Å². The molecule has 1 aliphatic rings. The fourth-order valence-electron chi connectivity index (χ4n) is 3.96. The maximum atomic E-state index is 11.8. The van der Waals surface area contributed by atoms with E-state index in [1.54, 1.807) is 0 Å². The molecule has 7 heteroatoms. The highest BCUT2D eigenvalue weighted by atomic mass is 16.6. The van der Waals surface area contributed by atoms with E-state index in [1.807, 2.05) is 0 Å². The minimum absolute atomic E-state index is 0.264. The molecule has 1 aliphatic heterocycles. The lowest BCUT2D eigenvalue weighted by atomic mass is 9.99. The normalized spacial score (nSPS) is 26.2. The smallest absolute Gasteiger partial charge is 0.305 e. The van der Waals surface area contributed by atoms with Gasteiger partial charge in [0.05, 0.1) is 0 Å². The Morgan fingerprint density at radius 1 is 0.677 bits per heavy atom. The lowest BCUT2D eigenvalue weighted by Crippen LogP contribution is -2.58. The highest BCUT2D eigenvalue weighted by molar-refractivity contribution is 5.69. The van der Waals surface area contributed by atoms with Crippen LogP contribution in [0.25, 0.3) is 0 Å². The van der Waals surface area contributed by atoms with Crippen LogP contribution in [0.4, 0.5) is 0 Å². The number of hydrogen-bond acceptors (Lipinski definition) is 7. The van der Waals surface area contributed by atoms with Crippen molar-refractivity contribution in [2.45, 2.75) is 140 Å². The standard InChI is InChI=1S/C24H46O7/c1-2-3-4-5-6-7-8-9-10-11-12-13-14-15-16-17-20(25)30-18-19-21(26)22(27)23(28)24(29)31-19/h19,21-24,26-29H,2-18H2,1H3/t19-,21+,22+,23-,24?/m1/s1. The highest BCUT2D eigenvalue weighted by Gasteiger charge is 2.43. The molecule has 4 N–H and O–H groups in total. The van der Waals surface area contributed by atoms with Gasteiger partial charge in [-0.2, -0.15) is 0 Å². The van der Waals surface area contributed by atoms with E-state index < -0.39 is 30.7 Å². The summed E-state index contributed by atoms with van der Waals surface area (Å²) < 4.78 is 10.1. The number of esters is 1. The number of carbonyl (C=O) groups is 1. The molecule has 0 aromatic carbocycles. The molecule has 0 aromatic rings. The van der Waals surface area contributed by atoms with Crippen LogP contribution in [0.2, 0.25) is 0 Å². The third-order valence-corrected chi connectivity index (χ3v) is 6.08. The van der Waals surface area contributed by atoms with Crippen molar-refractivity contribution in [3.05, 3.63) is 0 Å². The van der Waals surface area contributed by atoms with E-state index in [0.717, 1.165) is 19.3 Å². The number of rotatable bonds is 18. The molecular formula is C24H46O7. The second-order valence-corrected chi connectivity index (χ2v) is 8.92. The highest BCUT2D eigenvalue weighted by Crippen LogP contribution is 2.20. The molecule has 0 amide bonds. The Bertz CT molecular complexity index is 446. The van der Waals surface area contributed by atoms with Gasteiger partial charge in [0.15, 0.2) is 6.29 Å². The first-order valence-corrected chi connectivity index (χ1v) is 12.5. The average molecular weight is 447 g/mol. The molecule has 0 bridgehead atoms. The molecule has 7 nitrogen and oxygen atoms in total. The number of unbranched alkanes of at least 4 members (excludes halogenated alkanes) is 14. The summed E-state index contributed by atoms with van der Waals surface area (Å²) >= 11 is 0. The van der Waals surface area contributed by atoms with E-state index in [1.165, 1.54) is 77.0 Å². The summed E-state index contributed by atoms with van der Waals surface area (Å²) in [6.45, 7) is 1.99. The summed E-state index contributed by atoms with van der Waals surface area (Å²) in [5.41, 5.74) is 0. The summed E-state index contributed by atoms with van der Waals surface area (Å²) in [6.07, 6.45) is 12.0. The fraction of sp³-hybridized carbons (Fsp3) is 0.958. The van der Waals surface area contributed by atoms with Gasteiger partial charge in [-0.25, -0.2) is 0 Å². The van der Waals surface area contributed by atoms with Crippen molar-refractivity contribution in [2.75, 3.05) is 6.61 Å². The van der Waals surface area contributed by atoms with Crippen LogP contribution in [0, 0.1) is 0 Å². The summed E-state index contributed by atoms with van der Waals surface area (Å²) in [7, 11) is 0. The van der Waals surface area contributed by atoms with E-state index in [2.05, 4.69) is 6.92 Å². The molecule has 1 heterocycles. The fourth-order valence-corrected chi connectivity index (χ4v) is 3.96. The maximum Gasteiger partial charge on any atom is 0.305 e. The molecule has 0 spiro atoms. The van der Waals surface area contributed by atoms with Crippen molar-refractivity contribution in [3.8, 4) is 0 Å². The third kappa shape index (κ3) is 12.8. The van der Waals surface area contributed by atoms with Gasteiger partial charge in [0.2, 0.25) is 0 Å². The van der Waals surface area contributed by atoms with Gasteiger partial charge in [-0.15, -0.1) is 0 Å². The van der Waals surface area contributed by atoms with Crippen molar-refractivity contribution in [3.63, 3.8) is 0 Å². The van der Waals surface area contributed by atoms with Gasteiger partial charge >= 0.3 is 5.97 Å². The van der Waals surface area contributed by atoms with Crippen molar-refractivity contribution in [1.82, 2.24) is 0 Å². The van der Waals surface area contributed by atoms with Gasteiger partial charge in [-0.1, -0.05) is 96.8 Å². The second-order valence-electron chi connectivity index (χ2n) is 8.92. The Kier molecular flexibility index (Phi) is 16.2. The third-order valence-electron chi connectivity index (χ3n) is 6.08. The summed E-state index contributed by atoms with van der Waals surface area (Å²) in [4.78, 5) is 11.8. The van der Waals surface area contributed by atoms with E-state index in [0.29, 0.717) is 6.42 Å². The van der Waals surface area contributed by atoms with Crippen LogP contribution < -0.4 is 0 Å². The number of carbonyl (C=O) groups excluding carboxylic acids is 1. The van der Waals surface area contributed by atoms with Crippen LogP contribution in [-0.4, -0.2) is 63.7 Å². The number of hydrogen-bond donors (Lipinski definition) is 4. The maximum absolute atomic E-state index is 11.8. The van der Waals surface area contributed by atoms with E-state index in [4.69, 9.17) is 9.47 Å². The molecule has 0 saturated carbocycles. The largest absolute Gasteiger partial charge is 0.463 e. The Balaban J connectivity index is 1.89. The van der Waals surface area contributed by atoms with Gasteiger partial charge in [0.1, 0.15) is 31.0 Å². The molecule has 1 unspecified atom stereocenters. The zero-order valence-electron chi connectivity index (χ0n) is 19.4. The molecule has 31 heavy (non-hydrogen) atoms. The average Bonchev–Trinajstić information content (AvgIpc) is 2.76. The van der Waals surface area contributed by atoms with Gasteiger partial charge in [-0.3, -0.25) is 4.79 Å². The van der Waals surface area contributed by atoms with Gasteiger partial charge in [0, 0.05) is 6.42 Å². The first-order valence-electron chi connectivity index (χ1n) is 12.5. The molecule has 184 valence electrons. The predicted octanol–water partition coefficient (Wildman–Crippen LogP) is 3.59. The first kappa shape index (κ1) is 28.3. The summed E-state index contributed by atoms with van der Waals surface area (Å²) in [5.74, 6) is -0.388. The lowest BCUT2D eigenvalue weighted by Gasteiger charge is -2.37. The van der Waals surface area contributed by atoms with Gasteiger partial charge in [-0.05, 0) is 6.42 Å². The number of aliphatic hydroxyl groups is 4. The molecule has 0 radical (unpaired) electrons. The number of aliphatic hydroxyl groups excluding tert-OH is 4. The second kappa shape index (κ2) is 17.8. The van der Waals surface area contributed by atoms with Crippen molar-refractivity contribution < 1.29 is 34.7 Å². The van der Waals surface area contributed by atoms with Crippen LogP contribution in [0.5, 0.6) is 0 Å². The number of ether oxygens (including phenoxy) is 2. The molecule has 1 fully saturated rings. The van der Waals surface area contributed by atoms with Crippen LogP contribution in [0.1, 0.15) is 110 Å². The molecular weight excluding hydrogens is 400 g/mol. The van der Waals surface area contributed by atoms with Crippen LogP contribution in [0.3, 0.4) is 0 Å². The Morgan fingerprint density at radius 3 is 1.61 bits per heavy atom. The van der Waals surface area contributed by atoms with E-state index >= 15 is 0 Å². The molecule has 1 saturated heterocycles. The van der Waals surface area contributed by atoms with Crippen molar-refractivity contribution in [1.29, 1.82) is 0 Å². The van der Waals surface area contributed by atoms with Crippen LogP contribution >= 0.6 is 0 Å². The Hall–Kier alpha value is -0.730. The van der Waals surface area contributed by atoms with Crippen molar-refractivity contribution in [2.24, 2.45) is 0 Å². The zero-order chi connectivity index (χ0) is 22.9. The summed E-state index contributed by atoms with van der Waals surface area (Å²) in [6, 6.07) is 0. The molecule has 0 aliphatic carbocycles. The van der Waals surface area contributed by atoms with E-state index in [9.17, 15) is 25.2 Å². The molecule has 5 atom stereocenters. The monoisotopic (exact) mass is 446 g/mol. The SMILES string of the molecule is CCCCCCCCCCCCCCCCCC(=O)OC[C@H]1OC(O)[C@H](O)[C@@H](O)[C@H]1O. The molecule has 1 rings (SSSR count). The Labute approximate surface area is 188 Å². The van der Waals surface area contributed by atoms with Gasteiger partial charge in [0.25, 0.3) is 0 Å². The lowest BCUT2D eigenvalue weighted by molar-refractivity contribution is -0.287. The topological polar surface area (TPSA) is 116 Å². The van der Waals surface area contributed by atoms with Gasteiger partial charge < -0.3 is 29.9 Å². The zero-order valence-corrected chi connectivity index (χ0v) is 19.4. The summed E-state index contributed by atoms with van der Waals surface area (Å²) in [5, 5.41) is 38.3. The minimum atomic E-state index is -1.61.